The van der Waals surface area contributed by atoms with Gasteiger partial charge in [0.05, 0.1) is 30.0 Å². The number of rotatable bonds is 2. The summed E-state index contributed by atoms with van der Waals surface area (Å²) in [5.74, 6) is -0.462. The molecule has 1 aliphatic rings. The van der Waals surface area contributed by atoms with Crippen LogP contribution in [0.1, 0.15) is 23.5 Å². The molecule has 0 radical (unpaired) electrons. The molecule has 0 bridgehead atoms. The van der Waals surface area contributed by atoms with Crippen LogP contribution in [0.25, 0.3) is 21.9 Å². The number of fused-ring (bicyclic) bond motifs is 4. The molecule has 7 nitrogen and oxygen atoms in total. The maximum Gasteiger partial charge on any atom is 0.343 e. The molecule has 0 saturated carbocycles. The minimum atomic E-state index is -0.757. The van der Waals surface area contributed by atoms with E-state index in [0.29, 0.717) is 27.8 Å². The fourth-order valence-electron chi connectivity index (χ4n) is 4.08. The van der Waals surface area contributed by atoms with Gasteiger partial charge in [-0.2, -0.15) is 0 Å². The molecule has 0 saturated heterocycles. The summed E-state index contributed by atoms with van der Waals surface area (Å²) in [6.45, 7) is 0. The molecule has 0 amide bonds. The van der Waals surface area contributed by atoms with Gasteiger partial charge < -0.3 is 18.5 Å². The summed E-state index contributed by atoms with van der Waals surface area (Å²) in [5, 5.41) is 1.31. The van der Waals surface area contributed by atoms with Crippen LogP contribution in [0.2, 0.25) is 0 Å². The Kier molecular flexibility index (Phi) is 3.99. The minimum absolute atomic E-state index is 0.118. The lowest BCUT2D eigenvalue weighted by atomic mass is 9.86. The van der Waals surface area contributed by atoms with Gasteiger partial charge in [0.1, 0.15) is 11.3 Å². The first kappa shape index (κ1) is 18.2. The van der Waals surface area contributed by atoms with Crippen LogP contribution in [0.5, 0.6) is 11.5 Å². The zero-order valence-electron chi connectivity index (χ0n) is 16.3. The van der Waals surface area contributed by atoms with Gasteiger partial charge >= 0.3 is 11.6 Å². The number of ether oxygens (including phenoxy) is 2. The van der Waals surface area contributed by atoms with Crippen molar-refractivity contribution in [3.8, 4) is 11.5 Å². The quantitative estimate of drug-likeness (QED) is 0.378. The number of carbonyl (C=O) groups excluding carboxylic acids is 1. The van der Waals surface area contributed by atoms with Crippen molar-refractivity contribution in [2.75, 3.05) is 7.11 Å². The molecule has 30 heavy (non-hydrogen) atoms. The van der Waals surface area contributed by atoms with Gasteiger partial charge in [0.25, 0.3) is 5.56 Å². The standard InChI is InChI=1S/C23H17NO6/c1-24-17-10-13(28-2)8-7-12(17)9-16(22(24)26)15-11-19(25)30-21-14-5-3-4-6-18(14)29-23(27)20(15)21/h3-10,15H,11H2,1-2H3/t15-/m0/s1. The summed E-state index contributed by atoms with van der Waals surface area (Å²) < 4.78 is 17.7. The smallest absolute Gasteiger partial charge is 0.343 e. The number of aryl methyl sites for hydroxylation is 1. The number of hydrogen-bond donors (Lipinski definition) is 0. The molecular weight excluding hydrogens is 386 g/mol. The third-order valence-electron chi connectivity index (χ3n) is 5.57. The molecule has 1 aliphatic heterocycles. The molecule has 1 atom stereocenters. The van der Waals surface area contributed by atoms with Gasteiger partial charge in [-0.3, -0.25) is 9.59 Å². The first-order valence-corrected chi connectivity index (χ1v) is 9.42. The van der Waals surface area contributed by atoms with Gasteiger partial charge in [0.2, 0.25) is 0 Å². The number of aromatic nitrogens is 1. The van der Waals surface area contributed by atoms with Crippen LogP contribution < -0.4 is 20.7 Å². The molecule has 3 heterocycles. The van der Waals surface area contributed by atoms with Crippen LogP contribution in [0.15, 0.2) is 62.5 Å². The number of pyridine rings is 1. The van der Waals surface area contributed by atoms with Gasteiger partial charge in [-0.15, -0.1) is 0 Å². The van der Waals surface area contributed by atoms with Crippen LogP contribution in [-0.4, -0.2) is 17.6 Å². The van der Waals surface area contributed by atoms with Crippen LogP contribution in [-0.2, 0) is 11.8 Å². The second kappa shape index (κ2) is 6.59. The molecule has 0 spiro atoms. The molecule has 0 fully saturated rings. The number of carbonyl (C=O) groups is 1. The molecule has 7 heteroatoms. The Labute approximate surface area is 170 Å². The topological polar surface area (TPSA) is 87.7 Å². The summed E-state index contributed by atoms with van der Waals surface area (Å²) in [4.78, 5) is 38.5. The van der Waals surface area contributed by atoms with E-state index in [2.05, 4.69) is 0 Å². The molecule has 0 aliphatic carbocycles. The number of benzene rings is 2. The van der Waals surface area contributed by atoms with E-state index in [9.17, 15) is 14.4 Å². The normalized spacial score (nSPS) is 15.8. The Balaban J connectivity index is 1.81. The third kappa shape index (κ3) is 2.62. The fraction of sp³-hybridized carbons (Fsp3) is 0.174. The van der Waals surface area contributed by atoms with Crippen molar-refractivity contribution < 1.29 is 18.7 Å². The van der Waals surface area contributed by atoms with E-state index in [4.69, 9.17) is 13.9 Å². The van der Waals surface area contributed by atoms with Crippen molar-refractivity contribution in [3.05, 3.63) is 80.4 Å². The maximum absolute atomic E-state index is 13.2. The third-order valence-corrected chi connectivity index (χ3v) is 5.57. The first-order chi connectivity index (χ1) is 14.5. The summed E-state index contributed by atoms with van der Waals surface area (Å²) in [6.07, 6.45) is -0.118. The number of nitrogens with zero attached hydrogens (tertiary/aromatic N) is 1. The Hall–Kier alpha value is -3.87. The highest BCUT2D eigenvalue weighted by molar-refractivity contribution is 5.90. The predicted molar refractivity (Wildman–Crippen MR) is 110 cm³/mol. The summed E-state index contributed by atoms with van der Waals surface area (Å²) in [7, 11) is 3.21. The monoisotopic (exact) mass is 403 g/mol. The fourth-order valence-corrected chi connectivity index (χ4v) is 4.08. The largest absolute Gasteiger partial charge is 0.497 e. The second-order valence-corrected chi connectivity index (χ2v) is 7.25. The molecule has 5 rings (SSSR count). The van der Waals surface area contributed by atoms with Crippen molar-refractivity contribution in [3.63, 3.8) is 0 Å². The average molecular weight is 403 g/mol. The molecule has 0 unspecified atom stereocenters. The molecule has 2 aromatic heterocycles. The zero-order valence-corrected chi connectivity index (χ0v) is 16.3. The van der Waals surface area contributed by atoms with Crippen LogP contribution in [0.4, 0.5) is 0 Å². The van der Waals surface area contributed by atoms with E-state index in [1.54, 1.807) is 56.6 Å². The highest BCUT2D eigenvalue weighted by Crippen LogP contribution is 2.40. The van der Waals surface area contributed by atoms with Gasteiger partial charge in [0, 0.05) is 24.6 Å². The number of esters is 1. The Bertz CT molecular complexity index is 1460. The van der Waals surface area contributed by atoms with Crippen molar-refractivity contribution in [1.29, 1.82) is 0 Å². The Morgan fingerprint density at radius 3 is 2.67 bits per heavy atom. The van der Waals surface area contributed by atoms with E-state index >= 15 is 0 Å². The molecule has 150 valence electrons. The summed E-state index contributed by atoms with van der Waals surface area (Å²) >= 11 is 0. The van der Waals surface area contributed by atoms with Crippen LogP contribution >= 0.6 is 0 Å². The van der Waals surface area contributed by atoms with E-state index in [-0.39, 0.29) is 23.3 Å². The zero-order chi connectivity index (χ0) is 21.0. The van der Waals surface area contributed by atoms with Gasteiger partial charge in [0.15, 0.2) is 5.75 Å². The molecule has 2 aromatic carbocycles. The van der Waals surface area contributed by atoms with Crippen LogP contribution in [0.3, 0.4) is 0 Å². The number of hydrogen-bond acceptors (Lipinski definition) is 6. The lowest BCUT2D eigenvalue weighted by molar-refractivity contribution is -0.135. The van der Waals surface area contributed by atoms with Crippen molar-refractivity contribution in [1.82, 2.24) is 4.57 Å². The van der Waals surface area contributed by atoms with Gasteiger partial charge in [-0.05, 0) is 35.7 Å². The highest BCUT2D eigenvalue weighted by Gasteiger charge is 2.35. The Morgan fingerprint density at radius 1 is 1.07 bits per heavy atom. The van der Waals surface area contributed by atoms with Crippen molar-refractivity contribution >= 4 is 27.8 Å². The maximum atomic E-state index is 13.2. The average Bonchev–Trinajstić information content (AvgIpc) is 2.75. The van der Waals surface area contributed by atoms with E-state index < -0.39 is 17.5 Å². The Morgan fingerprint density at radius 2 is 1.87 bits per heavy atom. The molecule has 0 N–H and O–H groups in total. The number of methoxy groups -OCH3 is 1. The summed E-state index contributed by atoms with van der Waals surface area (Å²) in [6, 6.07) is 14.0. The highest BCUT2D eigenvalue weighted by atomic mass is 16.5. The lowest BCUT2D eigenvalue weighted by Crippen LogP contribution is -2.31. The second-order valence-electron chi connectivity index (χ2n) is 7.25. The summed E-state index contributed by atoms with van der Waals surface area (Å²) in [5.41, 5.74) is 0.640. The predicted octanol–water partition coefficient (Wildman–Crippen LogP) is 3.09. The molecular formula is C23H17NO6. The van der Waals surface area contributed by atoms with Crippen LogP contribution in [0, 0.1) is 0 Å². The van der Waals surface area contributed by atoms with E-state index in [1.165, 1.54) is 4.57 Å². The SMILES string of the molecule is COc1ccc2cc([C@@H]3CC(=O)Oc4c3c(=O)oc3ccccc43)c(=O)n(C)c2c1. The number of para-hydroxylation sites is 1. The van der Waals surface area contributed by atoms with Crippen molar-refractivity contribution in [2.24, 2.45) is 7.05 Å². The van der Waals surface area contributed by atoms with Crippen molar-refractivity contribution in [2.45, 2.75) is 12.3 Å². The van der Waals surface area contributed by atoms with E-state index in [0.717, 1.165) is 5.39 Å². The molecule has 4 aromatic rings. The first-order valence-electron chi connectivity index (χ1n) is 9.42. The van der Waals surface area contributed by atoms with E-state index in [1.807, 2.05) is 6.07 Å². The van der Waals surface area contributed by atoms with Gasteiger partial charge in [-0.1, -0.05) is 12.1 Å². The van der Waals surface area contributed by atoms with Gasteiger partial charge in [-0.25, -0.2) is 4.79 Å². The minimum Gasteiger partial charge on any atom is -0.497 e. The lowest BCUT2D eigenvalue weighted by Gasteiger charge is -2.24.